The molecule has 0 fully saturated rings. The first kappa shape index (κ1) is 19.8. The van der Waals surface area contributed by atoms with E-state index in [0.717, 1.165) is 0 Å². The monoisotopic (exact) mass is 403 g/mol. The maximum Gasteiger partial charge on any atom is 0.336 e. The number of hydrogen-bond acceptors (Lipinski definition) is 8. The van der Waals surface area contributed by atoms with Crippen molar-refractivity contribution < 1.29 is 23.7 Å². The zero-order chi connectivity index (χ0) is 20.3. The first-order valence-corrected chi connectivity index (χ1v) is 8.98. The topological polar surface area (TPSA) is 104 Å². The van der Waals surface area contributed by atoms with Crippen molar-refractivity contribution in [1.82, 2.24) is 10.3 Å². The number of allylic oxidation sites excluding steroid dienone is 1. The number of methoxy groups -OCH3 is 1. The van der Waals surface area contributed by atoms with Crippen molar-refractivity contribution in [2.45, 2.75) is 12.8 Å². The number of aliphatic imine (C=N–C) groups is 1. The summed E-state index contributed by atoms with van der Waals surface area (Å²) in [4.78, 5) is 29.9. The van der Waals surface area contributed by atoms with E-state index in [1.807, 2.05) is 0 Å². The lowest BCUT2D eigenvalue weighted by Crippen LogP contribution is -2.38. The molecular formula is C19H18ClN3O5. The highest BCUT2D eigenvalue weighted by Crippen LogP contribution is 2.42. The summed E-state index contributed by atoms with van der Waals surface area (Å²) in [6, 6.07) is 5.21. The molecule has 0 bridgehead atoms. The van der Waals surface area contributed by atoms with E-state index in [-0.39, 0.29) is 18.1 Å². The number of ether oxygens (including phenoxy) is 2. The molecule has 1 aliphatic heterocycles. The van der Waals surface area contributed by atoms with E-state index in [9.17, 15) is 9.59 Å². The number of aromatic nitrogens is 2. The van der Waals surface area contributed by atoms with Crippen LogP contribution in [0.2, 0.25) is 0 Å². The number of nitrogens with zero attached hydrogens (tertiary/aromatic N) is 3. The molecule has 0 radical (unpaired) electrons. The number of rotatable bonds is 6. The molecule has 1 aliphatic rings. The van der Waals surface area contributed by atoms with Gasteiger partial charge < -0.3 is 9.47 Å². The molecule has 28 heavy (non-hydrogen) atoms. The number of fused-ring (bicyclic) bond motifs is 1. The Morgan fingerprint density at radius 3 is 2.82 bits per heavy atom. The van der Waals surface area contributed by atoms with Crippen molar-refractivity contribution in [3.8, 4) is 0 Å². The molecule has 8 nitrogen and oxygen atoms in total. The fourth-order valence-corrected chi connectivity index (χ4v) is 3.57. The van der Waals surface area contributed by atoms with Crippen molar-refractivity contribution in [2.75, 3.05) is 19.6 Å². The van der Waals surface area contributed by atoms with E-state index in [1.165, 1.54) is 13.2 Å². The van der Waals surface area contributed by atoms with Crippen LogP contribution in [-0.2, 0) is 19.1 Å². The molecule has 0 saturated carbocycles. The van der Waals surface area contributed by atoms with Crippen molar-refractivity contribution in [3.63, 3.8) is 0 Å². The Balaban J connectivity index is 2.25. The molecule has 146 valence electrons. The molecule has 0 spiro atoms. The van der Waals surface area contributed by atoms with Crippen LogP contribution >= 0.6 is 11.6 Å². The van der Waals surface area contributed by atoms with Crippen LogP contribution in [0.1, 0.15) is 18.4 Å². The Hall–Kier alpha value is -3.00. The standard InChI is InChI=1S/C19H18ClN3O5/c1-4-8-27-19(25)14-10(2)21-13(9-20)16(18(24)26-3)15(14)11-6-5-7-12-17(11)23-28-22-12/h4-7,15-16H,1,8-9H2,2-3H3. The van der Waals surface area contributed by atoms with Gasteiger partial charge in [0.15, 0.2) is 0 Å². The second-order valence-electron chi connectivity index (χ2n) is 6.08. The van der Waals surface area contributed by atoms with Gasteiger partial charge in [-0.3, -0.25) is 9.79 Å². The van der Waals surface area contributed by atoms with Crippen molar-refractivity contribution in [2.24, 2.45) is 10.9 Å². The molecule has 0 saturated heterocycles. The molecule has 2 atom stereocenters. The number of carbonyl (C=O) groups excluding carboxylic acids is 2. The van der Waals surface area contributed by atoms with Crippen molar-refractivity contribution in [1.29, 1.82) is 0 Å². The van der Waals surface area contributed by atoms with Gasteiger partial charge >= 0.3 is 11.9 Å². The molecule has 2 unspecified atom stereocenters. The minimum absolute atomic E-state index is 0.00433. The van der Waals surface area contributed by atoms with Crippen LogP contribution in [0.25, 0.3) is 11.0 Å². The van der Waals surface area contributed by atoms with Crippen LogP contribution in [0.15, 0.2) is 51.7 Å². The zero-order valence-electron chi connectivity index (χ0n) is 15.3. The third-order valence-electron chi connectivity index (χ3n) is 4.50. The summed E-state index contributed by atoms with van der Waals surface area (Å²) in [5.74, 6) is -2.87. The van der Waals surface area contributed by atoms with Gasteiger partial charge in [-0.2, -0.15) is 0 Å². The Labute approximate surface area is 165 Å². The lowest BCUT2D eigenvalue weighted by atomic mass is 9.75. The van der Waals surface area contributed by atoms with Gasteiger partial charge in [-0.15, -0.1) is 11.6 Å². The Kier molecular flexibility index (Phi) is 5.89. The van der Waals surface area contributed by atoms with E-state index in [4.69, 9.17) is 25.7 Å². The smallest absolute Gasteiger partial charge is 0.336 e. The number of benzene rings is 1. The molecule has 9 heteroatoms. The third-order valence-corrected chi connectivity index (χ3v) is 4.77. The second-order valence-corrected chi connectivity index (χ2v) is 6.35. The SMILES string of the molecule is C=CCOC(=O)C1=C(C)N=C(CCl)C(C(=O)OC)C1c1cccc2nonc12. The van der Waals surface area contributed by atoms with E-state index in [1.54, 1.807) is 25.1 Å². The van der Waals surface area contributed by atoms with E-state index >= 15 is 0 Å². The first-order valence-electron chi connectivity index (χ1n) is 8.44. The van der Waals surface area contributed by atoms with Crippen LogP contribution in [0.3, 0.4) is 0 Å². The summed E-state index contributed by atoms with van der Waals surface area (Å²) in [6.07, 6.45) is 1.46. The Morgan fingerprint density at radius 2 is 2.14 bits per heavy atom. The van der Waals surface area contributed by atoms with Gasteiger partial charge in [0.25, 0.3) is 0 Å². The largest absolute Gasteiger partial charge is 0.468 e. The highest BCUT2D eigenvalue weighted by atomic mass is 35.5. The molecule has 0 aliphatic carbocycles. The fraction of sp³-hybridized carbons (Fsp3) is 0.316. The molecular weight excluding hydrogens is 386 g/mol. The third kappa shape index (κ3) is 3.43. The van der Waals surface area contributed by atoms with Crippen LogP contribution in [0.4, 0.5) is 0 Å². The summed E-state index contributed by atoms with van der Waals surface area (Å²) >= 11 is 6.07. The van der Waals surface area contributed by atoms with E-state index in [0.29, 0.717) is 28.0 Å². The summed E-state index contributed by atoms with van der Waals surface area (Å²) < 4.78 is 15.1. The summed E-state index contributed by atoms with van der Waals surface area (Å²) in [5, 5.41) is 7.78. The lowest BCUT2D eigenvalue weighted by molar-refractivity contribution is -0.143. The lowest BCUT2D eigenvalue weighted by Gasteiger charge is -2.31. The van der Waals surface area contributed by atoms with Gasteiger partial charge in [0.1, 0.15) is 23.6 Å². The Morgan fingerprint density at radius 1 is 1.36 bits per heavy atom. The van der Waals surface area contributed by atoms with Gasteiger partial charge in [-0.1, -0.05) is 24.8 Å². The Bertz CT molecular complexity index is 994. The summed E-state index contributed by atoms with van der Waals surface area (Å²) in [7, 11) is 1.27. The highest BCUT2D eigenvalue weighted by molar-refractivity contribution is 6.31. The van der Waals surface area contributed by atoms with Gasteiger partial charge in [0.05, 0.1) is 18.6 Å². The van der Waals surface area contributed by atoms with Crippen LogP contribution < -0.4 is 0 Å². The van der Waals surface area contributed by atoms with Crippen LogP contribution in [-0.4, -0.2) is 47.6 Å². The highest BCUT2D eigenvalue weighted by Gasteiger charge is 2.44. The molecule has 3 rings (SSSR count). The van der Waals surface area contributed by atoms with Crippen molar-refractivity contribution >= 4 is 40.3 Å². The average Bonchev–Trinajstić information content (AvgIpc) is 3.19. The molecule has 0 amide bonds. The number of halogens is 1. The predicted octanol–water partition coefficient (Wildman–Crippen LogP) is 2.79. The van der Waals surface area contributed by atoms with Gasteiger partial charge in [-0.05, 0) is 28.9 Å². The zero-order valence-corrected chi connectivity index (χ0v) is 16.1. The second kappa shape index (κ2) is 8.35. The maximum atomic E-state index is 12.8. The molecule has 1 aromatic heterocycles. The van der Waals surface area contributed by atoms with E-state index < -0.39 is 23.8 Å². The number of carbonyl (C=O) groups is 2. The fourth-order valence-electron chi connectivity index (χ4n) is 3.34. The van der Waals surface area contributed by atoms with Gasteiger partial charge in [-0.25, -0.2) is 9.42 Å². The molecule has 1 aromatic carbocycles. The molecule has 2 aromatic rings. The minimum Gasteiger partial charge on any atom is -0.468 e. The van der Waals surface area contributed by atoms with E-state index in [2.05, 4.69) is 21.9 Å². The summed E-state index contributed by atoms with van der Waals surface area (Å²) in [5.41, 5.74) is 2.51. The van der Waals surface area contributed by atoms with Gasteiger partial charge in [0, 0.05) is 17.3 Å². The normalized spacial score (nSPS) is 19.3. The summed E-state index contributed by atoms with van der Waals surface area (Å²) in [6.45, 7) is 5.23. The number of esters is 2. The maximum absolute atomic E-state index is 12.8. The molecule has 2 heterocycles. The van der Waals surface area contributed by atoms with Crippen LogP contribution in [0.5, 0.6) is 0 Å². The van der Waals surface area contributed by atoms with Crippen molar-refractivity contribution in [3.05, 3.63) is 47.7 Å². The number of hydrogen-bond donors (Lipinski definition) is 0. The average molecular weight is 404 g/mol. The predicted molar refractivity (Wildman–Crippen MR) is 102 cm³/mol. The molecule has 0 N–H and O–H groups in total. The van der Waals surface area contributed by atoms with Crippen LogP contribution in [0, 0.1) is 5.92 Å². The minimum atomic E-state index is -0.917. The first-order chi connectivity index (χ1) is 13.5. The number of alkyl halides is 1. The van der Waals surface area contributed by atoms with Gasteiger partial charge in [0.2, 0.25) is 0 Å². The quantitative estimate of drug-likeness (QED) is 0.415.